The maximum absolute atomic E-state index is 11.1. The van der Waals surface area contributed by atoms with Gasteiger partial charge in [0.15, 0.2) is 0 Å². The predicted octanol–water partition coefficient (Wildman–Crippen LogP) is 5.09. The Hall–Kier alpha value is -0.370. The fourth-order valence-corrected chi connectivity index (χ4v) is 2.48. The summed E-state index contributed by atoms with van der Waals surface area (Å²) >= 11 is 0. The molecule has 2 atom stereocenters. The fourth-order valence-electron chi connectivity index (χ4n) is 2.48. The quantitative estimate of drug-likeness (QED) is 0.675. The molecule has 0 aromatic heterocycles. The molecule has 0 fully saturated rings. The highest BCUT2D eigenvalue weighted by Gasteiger charge is 2.07. The van der Waals surface area contributed by atoms with E-state index in [2.05, 4.69) is 48.5 Å². The van der Waals surface area contributed by atoms with Gasteiger partial charge in [0.05, 0.1) is 6.10 Å². The minimum atomic E-state index is -0.131. The summed E-state index contributed by atoms with van der Waals surface area (Å²) in [4.78, 5) is 11.1. The first-order valence-corrected chi connectivity index (χ1v) is 8.24. The molecular weight excluding hydrogens is 248 g/mol. The van der Waals surface area contributed by atoms with E-state index in [4.69, 9.17) is 5.11 Å². The highest BCUT2D eigenvalue weighted by atomic mass is 16.3. The molecule has 0 aromatic rings. The molecule has 0 bridgehead atoms. The topological polar surface area (TPSA) is 37.3 Å². The van der Waals surface area contributed by atoms with Crippen molar-refractivity contribution >= 4 is 5.78 Å². The molecule has 0 spiro atoms. The molecule has 2 unspecified atom stereocenters. The van der Waals surface area contributed by atoms with Gasteiger partial charge >= 0.3 is 0 Å². The maximum Gasteiger partial charge on any atom is 0.133 e. The number of hydrogen-bond donors (Lipinski definition) is 1. The molecule has 2 nitrogen and oxygen atoms in total. The average molecular weight is 286 g/mol. The first-order valence-electron chi connectivity index (χ1n) is 8.24. The fraction of sp³-hybridized carbons (Fsp3) is 0.944. The summed E-state index contributed by atoms with van der Waals surface area (Å²) in [6.45, 7) is 16.8. The summed E-state index contributed by atoms with van der Waals surface area (Å²) in [5.74, 6) is 2.87. The molecule has 0 aromatic carbocycles. The second-order valence-electron chi connectivity index (χ2n) is 7.55. The van der Waals surface area contributed by atoms with Gasteiger partial charge in [-0.05, 0) is 43.4 Å². The molecule has 0 saturated carbocycles. The molecule has 0 heterocycles. The van der Waals surface area contributed by atoms with E-state index in [-0.39, 0.29) is 6.10 Å². The standard InChI is InChI=1S/C9H20O.C9H18O/c1-7(2)5-8(3)6-9(4)10;1-7(2)5-9(10)6-8(3)4/h7-10H,5-6H2,1-4H3;7-8H,5-6H2,1-4H3. The Bertz CT molecular complexity index is 208. The third kappa shape index (κ3) is 20.0. The first kappa shape index (κ1) is 21.9. The lowest BCUT2D eigenvalue weighted by atomic mass is 9.94. The van der Waals surface area contributed by atoms with E-state index >= 15 is 0 Å². The second kappa shape index (κ2) is 12.4. The van der Waals surface area contributed by atoms with Crippen molar-refractivity contribution in [3.63, 3.8) is 0 Å². The molecule has 0 amide bonds. The Kier molecular flexibility index (Phi) is 13.6. The van der Waals surface area contributed by atoms with E-state index in [0.29, 0.717) is 23.5 Å². The summed E-state index contributed by atoms with van der Waals surface area (Å²) in [6.07, 6.45) is 3.54. The van der Waals surface area contributed by atoms with Gasteiger partial charge in [-0.15, -0.1) is 0 Å². The molecule has 122 valence electrons. The van der Waals surface area contributed by atoms with Crippen LogP contribution in [0.25, 0.3) is 0 Å². The Morgan fingerprint density at radius 3 is 1.40 bits per heavy atom. The Labute approximate surface area is 127 Å². The second-order valence-corrected chi connectivity index (χ2v) is 7.55. The van der Waals surface area contributed by atoms with Gasteiger partial charge in [-0.25, -0.2) is 0 Å². The van der Waals surface area contributed by atoms with E-state index in [1.807, 2.05) is 6.92 Å². The van der Waals surface area contributed by atoms with E-state index < -0.39 is 0 Å². The minimum Gasteiger partial charge on any atom is -0.393 e. The largest absolute Gasteiger partial charge is 0.393 e. The Balaban J connectivity index is 0. The summed E-state index contributed by atoms with van der Waals surface area (Å²) in [6, 6.07) is 0. The van der Waals surface area contributed by atoms with Crippen molar-refractivity contribution in [2.45, 2.75) is 87.2 Å². The summed E-state index contributed by atoms with van der Waals surface area (Å²) in [5, 5.41) is 9.04. The van der Waals surface area contributed by atoms with E-state index in [1.54, 1.807) is 0 Å². The summed E-state index contributed by atoms with van der Waals surface area (Å²) in [7, 11) is 0. The average Bonchev–Trinajstić information content (AvgIpc) is 2.11. The van der Waals surface area contributed by atoms with Crippen LogP contribution in [0, 0.1) is 23.7 Å². The van der Waals surface area contributed by atoms with Gasteiger partial charge in [-0.3, -0.25) is 4.79 Å². The number of aliphatic hydroxyl groups is 1. The first-order chi connectivity index (χ1) is 9.04. The van der Waals surface area contributed by atoms with Gasteiger partial charge in [-0.2, -0.15) is 0 Å². The molecule has 0 aliphatic heterocycles. The zero-order valence-electron chi connectivity index (χ0n) is 15.1. The number of carbonyl (C=O) groups is 1. The third-order valence-corrected chi connectivity index (χ3v) is 2.89. The van der Waals surface area contributed by atoms with Crippen molar-refractivity contribution in [3.05, 3.63) is 0 Å². The Morgan fingerprint density at radius 1 is 0.750 bits per heavy atom. The highest BCUT2D eigenvalue weighted by molar-refractivity contribution is 5.78. The molecule has 0 aliphatic rings. The zero-order chi connectivity index (χ0) is 16.3. The van der Waals surface area contributed by atoms with Crippen LogP contribution in [-0.2, 0) is 4.79 Å². The van der Waals surface area contributed by atoms with Crippen molar-refractivity contribution in [1.29, 1.82) is 0 Å². The number of ketones is 1. The van der Waals surface area contributed by atoms with Crippen molar-refractivity contribution in [3.8, 4) is 0 Å². The number of hydrogen-bond acceptors (Lipinski definition) is 2. The monoisotopic (exact) mass is 286 g/mol. The van der Waals surface area contributed by atoms with Gasteiger partial charge in [-0.1, -0.05) is 48.5 Å². The van der Waals surface area contributed by atoms with Crippen LogP contribution in [0.3, 0.4) is 0 Å². The zero-order valence-corrected chi connectivity index (χ0v) is 15.1. The van der Waals surface area contributed by atoms with Crippen molar-refractivity contribution in [1.82, 2.24) is 0 Å². The van der Waals surface area contributed by atoms with Crippen molar-refractivity contribution < 1.29 is 9.90 Å². The lowest BCUT2D eigenvalue weighted by Crippen LogP contribution is -2.08. The number of carbonyl (C=O) groups excluding carboxylic acids is 1. The van der Waals surface area contributed by atoms with Crippen LogP contribution in [0.5, 0.6) is 0 Å². The molecule has 20 heavy (non-hydrogen) atoms. The third-order valence-electron chi connectivity index (χ3n) is 2.89. The van der Waals surface area contributed by atoms with Crippen LogP contribution in [0.4, 0.5) is 0 Å². The van der Waals surface area contributed by atoms with Crippen LogP contribution < -0.4 is 0 Å². The lowest BCUT2D eigenvalue weighted by molar-refractivity contribution is -0.120. The van der Waals surface area contributed by atoms with Gasteiger partial charge in [0.2, 0.25) is 0 Å². The van der Waals surface area contributed by atoms with Gasteiger partial charge < -0.3 is 5.11 Å². The predicted molar refractivity (Wildman–Crippen MR) is 88.8 cm³/mol. The molecule has 0 radical (unpaired) electrons. The number of aliphatic hydroxyl groups excluding tert-OH is 1. The molecule has 1 N–H and O–H groups in total. The number of rotatable bonds is 8. The van der Waals surface area contributed by atoms with Crippen LogP contribution in [0.1, 0.15) is 81.1 Å². The molecule has 0 saturated heterocycles. The van der Waals surface area contributed by atoms with Crippen LogP contribution >= 0.6 is 0 Å². The van der Waals surface area contributed by atoms with Crippen LogP contribution in [0.2, 0.25) is 0 Å². The molecule has 0 aliphatic carbocycles. The van der Waals surface area contributed by atoms with E-state index in [0.717, 1.165) is 25.2 Å². The summed E-state index contributed by atoms with van der Waals surface area (Å²) in [5.41, 5.74) is 0. The highest BCUT2D eigenvalue weighted by Crippen LogP contribution is 2.15. The van der Waals surface area contributed by atoms with Gasteiger partial charge in [0.1, 0.15) is 5.78 Å². The number of Topliss-reactive ketones (excluding diaryl/α,β-unsaturated/α-hetero) is 1. The smallest absolute Gasteiger partial charge is 0.133 e. The van der Waals surface area contributed by atoms with Crippen LogP contribution in [-0.4, -0.2) is 17.0 Å². The summed E-state index contributed by atoms with van der Waals surface area (Å²) < 4.78 is 0. The SMILES string of the molecule is CC(C)CC(=O)CC(C)C.CC(C)CC(C)CC(C)O. The normalized spacial score (nSPS) is 14.2. The van der Waals surface area contributed by atoms with E-state index in [1.165, 1.54) is 6.42 Å². The van der Waals surface area contributed by atoms with Crippen molar-refractivity contribution in [2.24, 2.45) is 23.7 Å². The molecule has 2 heteroatoms. The lowest BCUT2D eigenvalue weighted by Gasteiger charge is -2.14. The minimum absolute atomic E-state index is 0.131. The van der Waals surface area contributed by atoms with Gasteiger partial charge in [0.25, 0.3) is 0 Å². The molecule has 0 rings (SSSR count). The molecular formula is C18H38O2. The van der Waals surface area contributed by atoms with Crippen LogP contribution in [0.15, 0.2) is 0 Å². The Morgan fingerprint density at radius 2 is 1.15 bits per heavy atom. The van der Waals surface area contributed by atoms with E-state index in [9.17, 15) is 4.79 Å². The van der Waals surface area contributed by atoms with Gasteiger partial charge in [0, 0.05) is 12.8 Å². The van der Waals surface area contributed by atoms with Crippen molar-refractivity contribution in [2.75, 3.05) is 0 Å². The maximum atomic E-state index is 11.1.